The third-order valence-corrected chi connectivity index (χ3v) is 5.05. The Morgan fingerprint density at radius 1 is 1.14 bits per heavy atom. The summed E-state index contributed by atoms with van der Waals surface area (Å²) in [6.45, 7) is 6.30. The first-order valence-electron chi connectivity index (χ1n) is 9.87. The van der Waals surface area contributed by atoms with Crippen molar-refractivity contribution in [2.24, 2.45) is 5.92 Å². The molecule has 1 saturated heterocycles. The molecule has 1 unspecified atom stereocenters. The van der Waals surface area contributed by atoms with Crippen LogP contribution in [0.15, 0.2) is 54.6 Å². The van der Waals surface area contributed by atoms with Gasteiger partial charge in [-0.1, -0.05) is 36.4 Å². The number of hydrogen-bond donors (Lipinski definition) is 1. The minimum atomic E-state index is -0.377. The molecular formula is C23H27N3O3. The van der Waals surface area contributed by atoms with Crippen LogP contribution in [-0.4, -0.2) is 35.2 Å². The summed E-state index contributed by atoms with van der Waals surface area (Å²) in [4.78, 5) is 40.6. The monoisotopic (exact) mass is 393 g/mol. The molecule has 1 N–H and O–H groups in total. The molecule has 1 aliphatic rings. The fourth-order valence-electron chi connectivity index (χ4n) is 3.61. The van der Waals surface area contributed by atoms with Crippen LogP contribution in [0.25, 0.3) is 0 Å². The minimum absolute atomic E-state index is 0.00211. The zero-order chi connectivity index (χ0) is 21.0. The lowest BCUT2D eigenvalue weighted by atomic mass is 10.1. The number of nitrogens with zero attached hydrogens (tertiary/aromatic N) is 2. The Balaban J connectivity index is 1.74. The van der Waals surface area contributed by atoms with Crippen LogP contribution in [0, 0.1) is 5.92 Å². The Morgan fingerprint density at radius 3 is 2.52 bits per heavy atom. The van der Waals surface area contributed by atoms with Crippen molar-refractivity contribution in [3.63, 3.8) is 0 Å². The predicted octanol–water partition coefficient (Wildman–Crippen LogP) is 3.44. The fraction of sp³-hybridized carbons (Fsp3) is 0.348. The van der Waals surface area contributed by atoms with Crippen LogP contribution in [-0.2, 0) is 20.9 Å². The summed E-state index contributed by atoms with van der Waals surface area (Å²) in [5.41, 5.74) is 2.39. The Labute approximate surface area is 171 Å². The standard InChI is InChI=1S/C23H27N3O3/c1-16(2)25(14-18-8-5-4-6-9-18)23(29)19-12-22(28)26(15-19)21-11-7-10-20(13-21)24-17(3)27/h4-11,13,16,19H,12,14-15H2,1-3H3,(H,24,27). The highest BCUT2D eigenvalue weighted by atomic mass is 16.2. The molecule has 152 valence electrons. The smallest absolute Gasteiger partial charge is 0.228 e. The van der Waals surface area contributed by atoms with Crippen LogP contribution in [0.1, 0.15) is 32.8 Å². The quantitative estimate of drug-likeness (QED) is 0.817. The molecule has 3 rings (SSSR count). The van der Waals surface area contributed by atoms with Crippen LogP contribution in [0.5, 0.6) is 0 Å². The molecule has 3 amide bonds. The first kappa shape index (κ1) is 20.6. The van der Waals surface area contributed by atoms with Gasteiger partial charge in [-0.3, -0.25) is 14.4 Å². The molecular weight excluding hydrogens is 366 g/mol. The molecule has 1 heterocycles. The zero-order valence-corrected chi connectivity index (χ0v) is 17.1. The number of carbonyl (C=O) groups excluding carboxylic acids is 3. The van der Waals surface area contributed by atoms with Gasteiger partial charge in [0, 0.05) is 43.9 Å². The SMILES string of the molecule is CC(=O)Nc1cccc(N2CC(C(=O)N(Cc3ccccc3)C(C)C)CC2=O)c1. The van der Waals surface area contributed by atoms with Crippen LogP contribution < -0.4 is 10.2 Å². The van der Waals surface area contributed by atoms with E-state index in [1.54, 1.807) is 23.1 Å². The first-order valence-corrected chi connectivity index (χ1v) is 9.87. The van der Waals surface area contributed by atoms with Crippen molar-refractivity contribution in [1.29, 1.82) is 0 Å². The van der Waals surface area contributed by atoms with Crippen molar-refractivity contribution in [2.75, 3.05) is 16.8 Å². The highest BCUT2D eigenvalue weighted by Gasteiger charge is 2.37. The van der Waals surface area contributed by atoms with Gasteiger partial charge in [-0.2, -0.15) is 0 Å². The summed E-state index contributed by atoms with van der Waals surface area (Å²) in [7, 11) is 0. The second kappa shape index (κ2) is 8.90. The van der Waals surface area contributed by atoms with Gasteiger partial charge in [-0.15, -0.1) is 0 Å². The highest BCUT2D eigenvalue weighted by molar-refractivity contribution is 6.01. The van der Waals surface area contributed by atoms with E-state index in [-0.39, 0.29) is 36.1 Å². The summed E-state index contributed by atoms with van der Waals surface area (Å²) in [5, 5.41) is 2.73. The van der Waals surface area contributed by atoms with Gasteiger partial charge in [0.15, 0.2) is 0 Å². The second-order valence-electron chi connectivity index (χ2n) is 7.68. The average Bonchev–Trinajstić information content (AvgIpc) is 3.07. The lowest BCUT2D eigenvalue weighted by Crippen LogP contribution is -2.41. The lowest BCUT2D eigenvalue weighted by molar-refractivity contribution is -0.138. The number of rotatable bonds is 6. The number of amides is 3. The normalized spacial score (nSPS) is 16.2. The molecule has 6 heteroatoms. The summed E-state index contributed by atoms with van der Waals surface area (Å²) in [6, 6.07) is 17.1. The van der Waals surface area contributed by atoms with Crippen molar-refractivity contribution in [3.8, 4) is 0 Å². The van der Waals surface area contributed by atoms with E-state index in [1.807, 2.05) is 55.1 Å². The van der Waals surface area contributed by atoms with Gasteiger partial charge in [-0.25, -0.2) is 0 Å². The third kappa shape index (κ3) is 5.02. The molecule has 6 nitrogen and oxygen atoms in total. The van der Waals surface area contributed by atoms with Crippen molar-refractivity contribution in [2.45, 2.75) is 39.8 Å². The third-order valence-electron chi connectivity index (χ3n) is 5.05. The van der Waals surface area contributed by atoms with Crippen LogP contribution in [0.2, 0.25) is 0 Å². The van der Waals surface area contributed by atoms with Gasteiger partial charge in [0.2, 0.25) is 17.7 Å². The van der Waals surface area contributed by atoms with E-state index >= 15 is 0 Å². The van der Waals surface area contributed by atoms with E-state index < -0.39 is 0 Å². The highest BCUT2D eigenvalue weighted by Crippen LogP contribution is 2.29. The molecule has 0 aromatic heterocycles. The largest absolute Gasteiger partial charge is 0.336 e. The Kier molecular flexibility index (Phi) is 6.32. The molecule has 0 saturated carbocycles. The fourth-order valence-corrected chi connectivity index (χ4v) is 3.61. The summed E-state index contributed by atoms with van der Waals surface area (Å²) in [6.07, 6.45) is 0.196. The Hall–Kier alpha value is -3.15. The van der Waals surface area contributed by atoms with Crippen molar-refractivity contribution in [3.05, 3.63) is 60.2 Å². The predicted molar refractivity (Wildman–Crippen MR) is 113 cm³/mol. The number of carbonyl (C=O) groups is 3. The Morgan fingerprint density at radius 2 is 1.86 bits per heavy atom. The topological polar surface area (TPSA) is 69.7 Å². The number of anilines is 2. The van der Waals surface area contributed by atoms with E-state index in [0.717, 1.165) is 5.56 Å². The maximum absolute atomic E-state index is 13.2. The summed E-state index contributed by atoms with van der Waals surface area (Å²) < 4.78 is 0. The molecule has 0 aliphatic carbocycles. The first-order chi connectivity index (χ1) is 13.8. The van der Waals surface area contributed by atoms with Crippen molar-refractivity contribution >= 4 is 29.1 Å². The van der Waals surface area contributed by atoms with Gasteiger partial charge in [0.25, 0.3) is 0 Å². The van der Waals surface area contributed by atoms with Gasteiger partial charge >= 0.3 is 0 Å². The van der Waals surface area contributed by atoms with Crippen LogP contribution >= 0.6 is 0 Å². The molecule has 2 aromatic rings. The van der Waals surface area contributed by atoms with E-state index in [2.05, 4.69) is 5.32 Å². The maximum atomic E-state index is 13.2. The van der Waals surface area contributed by atoms with Gasteiger partial charge in [0.1, 0.15) is 0 Å². The van der Waals surface area contributed by atoms with E-state index in [0.29, 0.717) is 24.5 Å². The molecule has 1 fully saturated rings. The maximum Gasteiger partial charge on any atom is 0.228 e. The van der Waals surface area contributed by atoms with E-state index in [4.69, 9.17) is 0 Å². The van der Waals surface area contributed by atoms with Crippen molar-refractivity contribution in [1.82, 2.24) is 4.90 Å². The molecule has 1 aliphatic heterocycles. The minimum Gasteiger partial charge on any atom is -0.336 e. The van der Waals surface area contributed by atoms with Gasteiger partial charge in [0.05, 0.1) is 5.92 Å². The van der Waals surface area contributed by atoms with E-state index in [9.17, 15) is 14.4 Å². The van der Waals surface area contributed by atoms with Crippen LogP contribution in [0.4, 0.5) is 11.4 Å². The average molecular weight is 393 g/mol. The van der Waals surface area contributed by atoms with Crippen molar-refractivity contribution < 1.29 is 14.4 Å². The molecule has 0 bridgehead atoms. The molecule has 29 heavy (non-hydrogen) atoms. The number of nitrogens with one attached hydrogen (secondary N) is 1. The van der Waals surface area contributed by atoms with Gasteiger partial charge < -0.3 is 15.1 Å². The lowest BCUT2D eigenvalue weighted by Gasteiger charge is -2.29. The van der Waals surface area contributed by atoms with Gasteiger partial charge in [-0.05, 0) is 37.6 Å². The Bertz CT molecular complexity index is 895. The zero-order valence-electron chi connectivity index (χ0n) is 17.1. The molecule has 2 aromatic carbocycles. The number of benzene rings is 2. The molecule has 1 atom stereocenters. The summed E-state index contributed by atoms with van der Waals surface area (Å²) >= 11 is 0. The van der Waals surface area contributed by atoms with E-state index in [1.165, 1.54) is 6.92 Å². The molecule has 0 spiro atoms. The van der Waals surface area contributed by atoms with Crippen LogP contribution in [0.3, 0.4) is 0 Å². The summed E-state index contributed by atoms with van der Waals surface area (Å²) in [5.74, 6) is -0.626. The number of hydrogen-bond acceptors (Lipinski definition) is 3. The molecule has 0 radical (unpaired) electrons. The second-order valence-corrected chi connectivity index (χ2v) is 7.68.